The second-order valence-corrected chi connectivity index (χ2v) is 4.97. The van der Waals surface area contributed by atoms with E-state index in [0.29, 0.717) is 11.1 Å². The van der Waals surface area contributed by atoms with Crippen molar-refractivity contribution in [1.29, 1.82) is 0 Å². The zero-order valence-electron chi connectivity index (χ0n) is 12.5. The highest BCUT2D eigenvalue weighted by Crippen LogP contribution is 2.18. The van der Waals surface area contributed by atoms with Gasteiger partial charge in [-0.3, -0.25) is 14.4 Å². The molecular formula is C18H17NO4. The van der Waals surface area contributed by atoms with E-state index in [9.17, 15) is 14.4 Å². The van der Waals surface area contributed by atoms with Crippen molar-refractivity contribution in [3.63, 3.8) is 0 Å². The number of rotatable bonds is 7. The van der Waals surface area contributed by atoms with Crippen molar-refractivity contribution in [2.24, 2.45) is 5.73 Å². The Morgan fingerprint density at radius 3 is 2.00 bits per heavy atom. The molecule has 2 rings (SSSR count). The lowest BCUT2D eigenvalue weighted by Gasteiger charge is -2.14. The van der Waals surface area contributed by atoms with Gasteiger partial charge in [-0.05, 0) is 0 Å². The van der Waals surface area contributed by atoms with E-state index in [1.165, 1.54) is 0 Å². The van der Waals surface area contributed by atoms with Crippen LogP contribution in [-0.4, -0.2) is 17.7 Å². The van der Waals surface area contributed by atoms with Crippen LogP contribution < -0.4 is 5.73 Å². The quantitative estimate of drug-likeness (QED) is 0.628. The Morgan fingerprint density at radius 2 is 1.43 bits per heavy atom. The van der Waals surface area contributed by atoms with Gasteiger partial charge in [0, 0.05) is 17.5 Å². The minimum Gasteiger partial charge on any atom is -0.447 e. The lowest BCUT2D eigenvalue weighted by Crippen LogP contribution is -2.26. The molecule has 2 aromatic rings. The Labute approximate surface area is 134 Å². The number of hydrogen-bond donors (Lipinski definition) is 1. The van der Waals surface area contributed by atoms with Crippen LogP contribution in [0.15, 0.2) is 60.7 Å². The molecular weight excluding hydrogens is 294 g/mol. The molecule has 0 saturated carbocycles. The lowest BCUT2D eigenvalue weighted by molar-refractivity contribution is -0.155. The average molecular weight is 311 g/mol. The molecule has 0 aromatic heterocycles. The molecule has 0 aliphatic heterocycles. The first kappa shape index (κ1) is 16.4. The summed E-state index contributed by atoms with van der Waals surface area (Å²) >= 11 is 0. The van der Waals surface area contributed by atoms with Crippen molar-refractivity contribution < 1.29 is 19.1 Å². The van der Waals surface area contributed by atoms with Crippen molar-refractivity contribution >= 4 is 17.7 Å². The van der Waals surface area contributed by atoms with Crippen LogP contribution in [0.25, 0.3) is 0 Å². The normalized spacial score (nSPS) is 11.5. The predicted molar refractivity (Wildman–Crippen MR) is 84.5 cm³/mol. The maximum Gasteiger partial charge on any atom is 0.307 e. The number of carbonyl (C=O) groups excluding carboxylic acids is 3. The molecule has 0 unspecified atom stereocenters. The van der Waals surface area contributed by atoms with Gasteiger partial charge in [0.15, 0.2) is 5.78 Å². The van der Waals surface area contributed by atoms with Gasteiger partial charge in [-0.2, -0.15) is 0 Å². The molecule has 0 spiro atoms. The van der Waals surface area contributed by atoms with Crippen LogP contribution >= 0.6 is 0 Å². The van der Waals surface area contributed by atoms with Crippen LogP contribution in [0.5, 0.6) is 0 Å². The van der Waals surface area contributed by atoms with Crippen molar-refractivity contribution in [2.45, 2.75) is 18.9 Å². The van der Waals surface area contributed by atoms with Gasteiger partial charge in [-0.25, -0.2) is 0 Å². The van der Waals surface area contributed by atoms with Crippen LogP contribution in [0.2, 0.25) is 0 Å². The number of nitrogens with two attached hydrogens (primary N) is 1. The van der Waals surface area contributed by atoms with E-state index in [2.05, 4.69) is 0 Å². The van der Waals surface area contributed by atoms with Gasteiger partial charge in [0.1, 0.15) is 0 Å². The monoisotopic (exact) mass is 311 g/mol. The largest absolute Gasteiger partial charge is 0.447 e. The molecule has 0 bridgehead atoms. The van der Waals surface area contributed by atoms with Crippen molar-refractivity contribution in [1.82, 2.24) is 0 Å². The van der Waals surface area contributed by atoms with Gasteiger partial charge in [-0.1, -0.05) is 60.7 Å². The molecule has 23 heavy (non-hydrogen) atoms. The molecule has 5 nitrogen and oxygen atoms in total. The van der Waals surface area contributed by atoms with E-state index in [-0.39, 0.29) is 18.6 Å². The molecule has 118 valence electrons. The number of benzene rings is 2. The topological polar surface area (TPSA) is 86.5 Å². The number of carbonyl (C=O) groups is 3. The van der Waals surface area contributed by atoms with Crippen LogP contribution in [0, 0.1) is 0 Å². The van der Waals surface area contributed by atoms with Gasteiger partial charge in [-0.15, -0.1) is 0 Å². The molecule has 0 fully saturated rings. The summed E-state index contributed by atoms with van der Waals surface area (Å²) in [5.74, 6) is -1.54. The number of hydrogen-bond acceptors (Lipinski definition) is 4. The molecule has 0 radical (unpaired) electrons. The van der Waals surface area contributed by atoms with Crippen molar-refractivity contribution in [3.8, 4) is 0 Å². The Balaban J connectivity index is 1.93. The van der Waals surface area contributed by atoms with Gasteiger partial charge in [0.2, 0.25) is 6.10 Å². The van der Waals surface area contributed by atoms with E-state index in [1.54, 1.807) is 54.6 Å². The Kier molecular flexibility index (Phi) is 5.63. The number of primary amides is 1. The van der Waals surface area contributed by atoms with Crippen molar-refractivity contribution in [2.75, 3.05) is 0 Å². The molecule has 2 N–H and O–H groups in total. The SMILES string of the molecule is NC(=O)[C@H](OC(=O)CCC(=O)c1ccccc1)c1ccccc1. The van der Waals surface area contributed by atoms with E-state index in [4.69, 9.17) is 10.5 Å². The molecule has 0 heterocycles. The minimum atomic E-state index is -1.14. The van der Waals surface area contributed by atoms with Crippen LogP contribution in [0.3, 0.4) is 0 Å². The third-order valence-electron chi connectivity index (χ3n) is 3.26. The fraction of sp³-hybridized carbons (Fsp3) is 0.167. The minimum absolute atomic E-state index is 0.0170. The molecule has 0 saturated heterocycles. The molecule has 1 atom stereocenters. The van der Waals surface area contributed by atoms with Gasteiger partial charge in [0.05, 0.1) is 6.42 Å². The summed E-state index contributed by atoms with van der Waals surface area (Å²) in [5.41, 5.74) is 6.32. The maximum absolute atomic E-state index is 11.9. The number of esters is 1. The first-order chi connectivity index (χ1) is 11.1. The highest BCUT2D eigenvalue weighted by Gasteiger charge is 2.22. The first-order valence-electron chi connectivity index (χ1n) is 7.20. The summed E-state index contributed by atoms with van der Waals surface area (Å²) in [7, 11) is 0. The summed E-state index contributed by atoms with van der Waals surface area (Å²) in [5, 5.41) is 0. The van der Waals surface area contributed by atoms with Crippen LogP contribution in [-0.2, 0) is 14.3 Å². The molecule has 5 heteroatoms. The third-order valence-corrected chi connectivity index (χ3v) is 3.26. The van der Waals surface area contributed by atoms with Gasteiger partial charge >= 0.3 is 5.97 Å². The average Bonchev–Trinajstić information content (AvgIpc) is 2.58. The zero-order valence-corrected chi connectivity index (χ0v) is 12.5. The van der Waals surface area contributed by atoms with Crippen LogP contribution in [0.1, 0.15) is 34.9 Å². The van der Waals surface area contributed by atoms with Gasteiger partial charge in [0.25, 0.3) is 5.91 Å². The predicted octanol–water partition coefficient (Wildman–Crippen LogP) is 2.42. The van der Waals surface area contributed by atoms with Crippen molar-refractivity contribution in [3.05, 3.63) is 71.8 Å². The van der Waals surface area contributed by atoms with Crippen LogP contribution in [0.4, 0.5) is 0 Å². The summed E-state index contributed by atoms with van der Waals surface area (Å²) in [6.45, 7) is 0. The smallest absolute Gasteiger partial charge is 0.307 e. The third kappa shape index (κ3) is 4.78. The molecule has 2 aromatic carbocycles. The first-order valence-corrected chi connectivity index (χ1v) is 7.20. The fourth-order valence-electron chi connectivity index (χ4n) is 2.09. The Bertz CT molecular complexity index is 683. The van der Waals surface area contributed by atoms with E-state index < -0.39 is 18.0 Å². The summed E-state index contributed by atoms with van der Waals surface area (Å²) in [6.07, 6.45) is -1.23. The van der Waals surface area contributed by atoms with E-state index >= 15 is 0 Å². The molecule has 1 amide bonds. The standard InChI is InChI=1S/C18H17NO4/c19-18(22)17(14-9-5-2-6-10-14)23-16(21)12-11-15(20)13-7-3-1-4-8-13/h1-10,17H,11-12H2,(H2,19,22)/t17-/m1/s1. The number of ether oxygens (including phenoxy) is 1. The van der Waals surface area contributed by atoms with Gasteiger partial charge < -0.3 is 10.5 Å². The second kappa shape index (κ2) is 7.89. The second-order valence-electron chi connectivity index (χ2n) is 4.97. The highest BCUT2D eigenvalue weighted by molar-refractivity contribution is 5.97. The Morgan fingerprint density at radius 1 is 0.870 bits per heavy atom. The summed E-state index contributed by atoms with van der Waals surface area (Å²) in [4.78, 5) is 35.3. The molecule has 0 aliphatic carbocycles. The summed E-state index contributed by atoms with van der Waals surface area (Å²) < 4.78 is 5.12. The maximum atomic E-state index is 11.9. The number of Topliss-reactive ketones (excluding diaryl/α,β-unsaturated/α-hetero) is 1. The Hall–Kier alpha value is -2.95. The number of amides is 1. The number of ketones is 1. The van der Waals surface area contributed by atoms with E-state index in [1.807, 2.05) is 6.07 Å². The fourth-order valence-corrected chi connectivity index (χ4v) is 2.09. The lowest BCUT2D eigenvalue weighted by atomic mass is 10.1. The highest BCUT2D eigenvalue weighted by atomic mass is 16.5. The van der Waals surface area contributed by atoms with E-state index in [0.717, 1.165) is 0 Å². The zero-order chi connectivity index (χ0) is 16.7. The summed E-state index contributed by atoms with van der Waals surface area (Å²) in [6, 6.07) is 17.2. The molecule has 0 aliphatic rings.